The van der Waals surface area contributed by atoms with Crippen LogP contribution in [0.15, 0.2) is 4.52 Å². The maximum atomic E-state index is 5.85. The van der Waals surface area contributed by atoms with Crippen molar-refractivity contribution in [1.82, 2.24) is 15.0 Å². The number of rotatable bonds is 3. The fourth-order valence-corrected chi connectivity index (χ4v) is 2.02. The van der Waals surface area contributed by atoms with Gasteiger partial charge in [-0.15, -0.1) is 0 Å². The van der Waals surface area contributed by atoms with Crippen LogP contribution in [0.1, 0.15) is 36.9 Å². The van der Waals surface area contributed by atoms with E-state index in [1.165, 1.54) is 0 Å². The Kier molecular flexibility index (Phi) is 3.02. The first-order valence-electron chi connectivity index (χ1n) is 5.38. The fourth-order valence-electron chi connectivity index (χ4n) is 2.02. The predicted molar refractivity (Wildman–Crippen MR) is 56.3 cm³/mol. The Hall–Kier alpha value is -0.940. The zero-order chi connectivity index (χ0) is 10.8. The smallest absolute Gasteiger partial charge is 0.229 e. The number of nitrogens with two attached hydrogens (primary N) is 1. The lowest BCUT2D eigenvalue weighted by molar-refractivity contribution is 0.335. The monoisotopic (exact) mass is 210 g/mol. The van der Waals surface area contributed by atoms with Gasteiger partial charge in [-0.05, 0) is 33.4 Å². The topological polar surface area (TPSA) is 68.2 Å². The van der Waals surface area contributed by atoms with E-state index in [9.17, 15) is 0 Å². The third kappa shape index (κ3) is 2.54. The van der Waals surface area contributed by atoms with Crippen molar-refractivity contribution in [3.63, 3.8) is 0 Å². The molecule has 1 fully saturated rings. The molecule has 1 aliphatic rings. The summed E-state index contributed by atoms with van der Waals surface area (Å²) in [6.07, 6.45) is 3.12. The zero-order valence-electron chi connectivity index (χ0n) is 9.31. The molecule has 0 amide bonds. The van der Waals surface area contributed by atoms with Crippen molar-refractivity contribution in [2.75, 3.05) is 14.1 Å². The molecule has 2 atom stereocenters. The summed E-state index contributed by atoms with van der Waals surface area (Å²) in [5.41, 5.74) is 5.85. The second kappa shape index (κ2) is 4.28. The third-order valence-corrected chi connectivity index (χ3v) is 2.76. The van der Waals surface area contributed by atoms with Gasteiger partial charge in [0.2, 0.25) is 5.89 Å². The van der Waals surface area contributed by atoms with Gasteiger partial charge < -0.3 is 15.2 Å². The van der Waals surface area contributed by atoms with Gasteiger partial charge in [-0.1, -0.05) is 5.16 Å². The second-order valence-electron chi connectivity index (χ2n) is 4.56. The lowest BCUT2D eigenvalue weighted by Gasteiger charge is -2.04. The average molecular weight is 210 g/mol. The van der Waals surface area contributed by atoms with Gasteiger partial charge in [0.1, 0.15) is 0 Å². The van der Waals surface area contributed by atoms with Crippen LogP contribution < -0.4 is 5.73 Å². The van der Waals surface area contributed by atoms with Gasteiger partial charge in [0.05, 0.1) is 6.54 Å². The summed E-state index contributed by atoms with van der Waals surface area (Å²) in [4.78, 5) is 6.41. The second-order valence-corrected chi connectivity index (χ2v) is 4.56. The van der Waals surface area contributed by atoms with Crippen molar-refractivity contribution in [1.29, 1.82) is 0 Å². The maximum absolute atomic E-state index is 5.85. The predicted octanol–water partition coefficient (Wildman–Crippen LogP) is 0.726. The van der Waals surface area contributed by atoms with E-state index in [4.69, 9.17) is 10.3 Å². The van der Waals surface area contributed by atoms with Gasteiger partial charge in [-0.25, -0.2) is 0 Å². The molecule has 2 rings (SSSR count). The molecule has 1 aromatic heterocycles. The van der Waals surface area contributed by atoms with Gasteiger partial charge in [0.25, 0.3) is 0 Å². The van der Waals surface area contributed by atoms with Crippen LogP contribution in [0.2, 0.25) is 0 Å². The number of hydrogen-bond acceptors (Lipinski definition) is 5. The van der Waals surface area contributed by atoms with E-state index in [2.05, 4.69) is 10.1 Å². The van der Waals surface area contributed by atoms with Crippen molar-refractivity contribution < 1.29 is 4.52 Å². The van der Waals surface area contributed by atoms with Gasteiger partial charge in [-0.2, -0.15) is 4.98 Å². The van der Waals surface area contributed by atoms with Gasteiger partial charge in [0.15, 0.2) is 5.82 Å². The molecule has 0 spiro atoms. The van der Waals surface area contributed by atoms with Crippen molar-refractivity contribution in [2.24, 2.45) is 5.73 Å². The van der Waals surface area contributed by atoms with Crippen LogP contribution in [0.5, 0.6) is 0 Å². The molecule has 5 heteroatoms. The standard InChI is InChI=1S/C10H18N4O/c1-14(2)6-9-12-10(15-13-9)7-3-4-8(11)5-7/h7-8H,3-6,11H2,1-2H3. The van der Waals surface area contributed by atoms with Crippen LogP contribution >= 0.6 is 0 Å². The summed E-state index contributed by atoms with van der Waals surface area (Å²) >= 11 is 0. The highest BCUT2D eigenvalue weighted by Gasteiger charge is 2.27. The van der Waals surface area contributed by atoms with E-state index >= 15 is 0 Å². The number of hydrogen-bond donors (Lipinski definition) is 1. The largest absolute Gasteiger partial charge is 0.339 e. The van der Waals surface area contributed by atoms with E-state index in [1.807, 2.05) is 19.0 Å². The molecule has 0 aromatic carbocycles. The van der Waals surface area contributed by atoms with Crippen LogP contribution in [0.4, 0.5) is 0 Å². The van der Waals surface area contributed by atoms with Gasteiger partial charge in [0, 0.05) is 12.0 Å². The first-order valence-corrected chi connectivity index (χ1v) is 5.38. The zero-order valence-corrected chi connectivity index (χ0v) is 9.31. The molecular weight excluding hydrogens is 192 g/mol. The molecule has 1 aliphatic carbocycles. The van der Waals surface area contributed by atoms with Crippen molar-refractivity contribution >= 4 is 0 Å². The van der Waals surface area contributed by atoms with Gasteiger partial charge in [-0.3, -0.25) is 0 Å². The van der Waals surface area contributed by atoms with E-state index in [1.54, 1.807) is 0 Å². The van der Waals surface area contributed by atoms with Crippen LogP contribution in [-0.2, 0) is 6.54 Å². The van der Waals surface area contributed by atoms with Crippen LogP contribution in [0.3, 0.4) is 0 Å². The Labute approximate surface area is 89.6 Å². The summed E-state index contributed by atoms with van der Waals surface area (Å²) in [5, 5.41) is 3.96. The minimum atomic E-state index is 0.305. The third-order valence-electron chi connectivity index (χ3n) is 2.76. The van der Waals surface area contributed by atoms with Crippen LogP contribution in [0.25, 0.3) is 0 Å². The Morgan fingerprint density at radius 2 is 2.27 bits per heavy atom. The van der Waals surface area contributed by atoms with Crippen LogP contribution in [0, 0.1) is 0 Å². The number of nitrogens with zero attached hydrogens (tertiary/aromatic N) is 3. The molecule has 2 unspecified atom stereocenters. The Morgan fingerprint density at radius 3 is 2.87 bits per heavy atom. The number of aromatic nitrogens is 2. The minimum Gasteiger partial charge on any atom is -0.339 e. The first-order chi connectivity index (χ1) is 7.15. The van der Waals surface area contributed by atoms with Crippen molar-refractivity contribution in [3.8, 4) is 0 Å². The molecule has 1 aromatic rings. The molecule has 15 heavy (non-hydrogen) atoms. The molecule has 1 saturated carbocycles. The maximum Gasteiger partial charge on any atom is 0.229 e. The van der Waals surface area contributed by atoms with E-state index < -0.39 is 0 Å². The summed E-state index contributed by atoms with van der Waals surface area (Å²) < 4.78 is 5.25. The van der Waals surface area contributed by atoms with Crippen LogP contribution in [-0.4, -0.2) is 35.2 Å². The Morgan fingerprint density at radius 1 is 1.47 bits per heavy atom. The van der Waals surface area contributed by atoms with Gasteiger partial charge >= 0.3 is 0 Å². The lowest BCUT2D eigenvalue weighted by Crippen LogP contribution is -2.14. The van der Waals surface area contributed by atoms with Crippen molar-refractivity contribution in [3.05, 3.63) is 11.7 Å². The molecule has 1 heterocycles. The molecule has 84 valence electrons. The highest BCUT2D eigenvalue weighted by atomic mass is 16.5. The highest BCUT2D eigenvalue weighted by Crippen LogP contribution is 2.32. The normalized spacial score (nSPS) is 26.4. The van der Waals surface area contributed by atoms with E-state index in [-0.39, 0.29) is 0 Å². The van der Waals surface area contributed by atoms with E-state index in [0.29, 0.717) is 12.0 Å². The first kappa shape index (κ1) is 10.6. The lowest BCUT2D eigenvalue weighted by atomic mass is 10.1. The molecule has 0 bridgehead atoms. The molecule has 2 N–H and O–H groups in total. The fraction of sp³-hybridized carbons (Fsp3) is 0.800. The van der Waals surface area contributed by atoms with Crippen molar-refractivity contribution in [2.45, 2.75) is 37.8 Å². The summed E-state index contributed by atoms with van der Waals surface area (Å²) in [6.45, 7) is 0.724. The minimum absolute atomic E-state index is 0.305. The SMILES string of the molecule is CN(C)Cc1noc(C2CCC(N)C2)n1. The summed E-state index contributed by atoms with van der Waals surface area (Å²) in [7, 11) is 3.98. The molecule has 5 nitrogen and oxygen atoms in total. The summed E-state index contributed by atoms with van der Waals surface area (Å²) in [6, 6.07) is 0.305. The molecule has 0 radical (unpaired) electrons. The Bertz CT molecular complexity index is 323. The summed E-state index contributed by atoms with van der Waals surface area (Å²) in [5.74, 6) is 1.90. The molecule has 0 saturated heterocycles. The Balaban J connectivity index is 2.00. The quantitative estimate of drug-likeness (QED) is 0.796. The molecule has 0 aliphatic heterocycles. The highest BCUT2D eigenvalue weighted by molar-refractivity contribution is 4.99. The molecular formula is C10H18N4O. The van der Waals surface area contributed by atoms with E-state index in [0.717, 1.165) is 37.5 Å². The average Bonchev–Trinajstić information content (AvgIpc) is 2.72.